The zero-order chi connectivity index (χ0) is 13.8. The van der Waals surface area contributed by atoms with Crippen molar-refractivity contribution in [2.75, 3.05) is 0 Å². The van der Waals surface area contributed by atoms with Crippen molar-refractivity contribution < 1.29 is 4.79 Å². The first kappa shape index (κ1) is 12.3. The highest BCUT2D eigenvalue weighted by molar-refractivity contribution is 6.06. The lowest BCUT2D eigenvalue weighted by molar-refractivity contribution is 0.104. The predicted molar refractivity (Wildman–Crippen MR) is 81.5 cm³/mol. The molecule has 2 heteroatoms. The van der Waals surface area contributed by atoms with Crippen molar-refractivity contribution in [2.24, 2.45) is 0 Å². The lowest BCUT2D eigenvalue weighted by atomic mass is 10.1. The molecule has 0 aliphatic heterocycles. The van der Waals surface area contributed by atoms with Crippen LogP contribution in [0.15, 0.2) is 72.8 Å². The van der Waals surface area contributed by atoms with E-state index in [0.29, 0.717) is 5.56 Å². The van der Waals surface area contributed by atoms with Crippen LogP contribution in [0, 0.1) is 0 Å². The van der Waals surface area contributed by atoms with Gasteiger partial charge in [-0.25, -0.2) is 4.98 Å². The van der Waals surface area contributed by atoms with Crippen LogP contribution >= 0.6 is 0 Å². The van der Waals surface area contributed by atoms with E-state index in [1.807, 2.05) is 54.6 Å². The summed E-state index contributed by atoms with van der Waals surface area (Å²) in [5.41, 5.74) is 2.40. The number of hydrogen-bond acceptors (Lipinski definition) is 2. The fourth-order valence-corrected chi connectivity index (χ4v) is 2.03. The number of para-hydroxylation sites is 1. The molecule has 0 saturated heterocycles. The van der Waals surface area contributed by atoms with Gasteiger partial charge in [-0.05, 0) is 24.3 Å². The molecule has 0 aliphatic carbocycles. The van der Waals surface area contributed by atoms with E-state index in [-0.39, 0.29) is 5.78 Å². The lowest BCUT2D eigenvalue weighted by Crippen LogP contribution is -1.93. The highest BCUT2D eigenvalue weighted by Gasteiger charge is 2.00. The molecule has 3 rings (SSSR count). The van der Waals surface area contributed by atoms with E-state index >= 15 is 0 Å². The van der Waals surface area contributed by atoms with Gasteiger partial charge in [-0.2, -0.15) is 0 Å². The van der Waals surface area contributed by atoms with Gasteiger partial charge in [0.2, 0.25) is 0 Å². The molecule has 1 aromatic heterocycles. The molecular formula is C18H13NO. The second-order valence-corrected chi connectivity index (χ2v) is 4.49. The van der Waals surface area contributed by atoms with E-state index < -0.39 is 0 Å². The highest BCUT2D eigenvalue weighted by Crippen LogP contribution is 2.13. The number of carbonyl (C=O) groups excluding carboxylic acids is 1. The summed E-state index contributed by atoms with van der Waals surface area (Å²) in [4.78, 5) is 16.5. The smallest absolute Gasteiger partial charge is 0.185 e. The van der Waals surface area contributed by atoms with Crippen molar-refractivity contribution in [3.8, 4) is 0 Å². The Labute approximate surface area is 117 Å². The van der Waals surface area contributed by atoms with Gasteiger partial charge in [0.1, 0.15) is 0 Å². The van der Waals surface area contributed by atoms with E-state index in [1.165, 1.54) is 0 Å². The Morgan fingerprint density at radius 3 is 2.45 bits per heavy atom. The molecule has 0 N–H and O–H groups in total. The average Bonchev–Trinajstić information content (AvgIpc) is 2.53. The first-order valence-electron chi connectivity index (χ1n) is 6.46. The van der Waals surface area contributed by atoms with Gasteiger partial charge in [-0.3, -0.25) is 4.79 Å². The number of aromatic nitrogens is 1. The minimum Gasteiger partial charge on any atom is -0.289 e. The Kier molecular flexibility index (Phi) is 3.38. The Balaban J connectivity index is 1.85. The van der Waals surface area contributed by atoms with Crippen molar-refractivity contribution in [1.82, 2.24) is 4.98 Å². The standard InChI is InChI=1S/C18H13NO/c20-18(15-7-2-1-3-8-15)13-12-16-11-10-14-6-4-5-9-17(14)19-16/h1-13H/b13-12+. The van der Waals surface area contributed by atoms with Gasteiger partial charge in [0.15, 0.2) is 5.78 Å². The Morgan fingerprint density at radius 2 is 1.60 bits per heavy atom. The highest BCUT2D eigenvalue weighted by atomic mass is 16.1. The van der Waals surface area contributed by atoms with Gasteiger partial charge >= 0.3 is 0 Å². The Bertz CT molecular complexity index is 776. The average molecular weight is 259 g/mol. The fourth-order valence-electron chi connectivity index (χ4n) is 2.03. The zero-order valence-electron chi connectivity index (χ0n) is 10.9. The number of ketones is 1. The second-order valence-electron chi connectivity index (χ2n) is 4.49. The third-order valence-corrected chi connectivity index (χ3v) is 3.08. The normalized spacial score (nSPS) is 11.0. The molecule has 0 spiro atoms. The Hall–Kier alpha value is -2.74. The molecule has 0 saturated carbocycles. The van der Waals surface area contributed by atoms with Crippen LogP contribution in [-0.4, -0.2) is 10.8 Å². The van der Waals surface area contributed by atoms with Crippen LogP contribution in [0.2, 0.25) is 0 Å². The third-order valence-electron chi connectivity index (χ3n) is 3.08. The number of allylic oxidation sites excluding steroid dienone is 1. The number of benzene rings is 2. The zero-order valence-corrected chi connectivity index (χ0v) is 10.9. The molecule has 0 amide bonds. The molecule has 3 aromatic rings. The van der Waals surface area contributed by atoms with E-state index in [9.17, 15) is 4.79 Å². The minimum atomic E-state index is -0.0134. The summed E-state index contributed by atoms with van der Waals surface area (Å²) >= 11 is 0. The molecule has 0 radical (unpaired) electrons. The Morgan fingerprint density at radius 1 is 0.850 bits per heavy atom. The number of rotatable bonds is 3. The SMILES string of the molecule is O=C(/C=C/c1ccc2ccccc2n1)c1ccccc1. The van der Waals surface area contributed by atoms with Crippen molar-refractivity contribution in [3.63, 3.8) is 0 Å². The summed E-state index contributed by atoms with van der Waals surface area (Å²) in [6.45, 7) is 0. The molecule has 2 nitrogen and oxygen atoms in total. The van der Waals surface area contributed by atoms with Crippen LogP contribution in [0.3, 0.4) is 0 Å². The predicted octanol–water partition coefficient (Wildman–Crippen LogP) is 4.13. The quantitative estimate of drug-likeness (QED) is 0.523. The van der Waals surface area contributed by atoms with Crippen LogP contribution < -0.4 is 0 Å². The summed E-state index contributed by atoms with van der Waals surface area (Å²) in [6, 6.07) is 21.1. The van der Waals surface area contributed by atoms with Crippen LogP contribution in [0.25, 0.3) is 17.0 Å². The molecule has 96 valence electrons. The monoisotopic (exact) mass is 259 g/mol. The maximum absolute atomic E-state index is 12.0. The van der Waals surface area contributed by atoms with Crippen molar-refractivity contribution in [2.45, 2.75) is 0 Å². The summed E-state index contributed by atoms with van der Waals surface area (Å²) in [6.07, 6.45) is 3.31. The van der Waals surface area contributed by atoms with Crippen LogP contribution in [0.1, 0.15) is 16.1 Å². The van der Waals surface area contributed by atoms with Crippen molar-refractivity contribution in [1.29, 1.82) is 0 Å². The van der Waals surface area contributed by atoms with Gasteiger partial charge in [-0.15, -0.1) is 0 Å². The minimum absolute atomic E-state index is 0.0134. The first-order chi connectivity index (χ1) is 9.83. The molecule has 1 heterocycles. The van der Waals surface area contributed by atoms with Gasteiger partial charge in [0.25, 0.3) is 0 Å². The summed E-state index contributed by atoms with van der Waals surface area (Å²) in [7, 11) is 0. The number of carbonyl (C=O) groups is 1. The number of pyridine rings is 1. The van der Waals surface area contributed by atoms with E-state index in [2.05, 4.69) is 4.98 Å². The molecular weight excluding hydrogens is 246 g/mol. The molecule has 0 unspecified atom stereocenters. The van der Waals surface area contributed by atoms with Crippen LogP contribution in [-0.2, 0) is 0 Å². The lowest BCUT2D eigenvalue weighted by Gasteiger charge is -1.98. The largest absolute Gasteiger partial charge is 0.289 e. The molecule has 0 atom stereocenters. The molecule has 20 heavy (non-hydrogen) atoms. The van der Waals surface area contributed by atoms with E-state index in [0.717, 1.165) is 16.6 Å². The molecule has 2 aromatic carbocycles. The third kappa shape index (κ3) is 2.64. The number of hydrogen-bond donors (Lipinski definition) is 0. The van der Waals surface area contributed by atoms with E-state index in [1.54, 1.807) is 24.3 Å². The second kappa shape index (κ2) is 5.49. The summed E-state index contributed by atoms with van der Waals surface area (Å²) in [5.74, 6) is -0.0134. The summed E-state index contributed by atoms with van der Waals surface area (Å²) in [5, 5.41) is 1.10. The molecule has 0 fully saturated rings. The summed E-state index contributed by atoms with van der Waals surface area (Å²) < 4.78 is 0. The number of fused-ring (bicyclic) bond motifs is 1. The molecule has 0 aliphatic rings. The van der Waals surface area contributed by atoms with E-state index in [4.69, 9.17) is 0 Å². The topological polar surface area (TPSA) is 30.0 Å². The fraction of sp³-hybridized carbons (Fsp3) is 0. The van der Waals surface area contributed by atoms with Crippen LogP contribution in [0.4, 0.5) is 0 Å². The number of nitrogens with zero attached hydrogens (tertiary/aromatic N) is 1. The van der Waals surface area contributed by atoms with Gasteiger partial charge in [0, 0.05) is 10.9 Å². The van der Waals surface area contributed by atoms with Gasteiger partial charge in [-0.1, -0.05) is 54.6 Å². The van der Waals surface area contributed by atoms with Gasteiger partial charge in [0.05, 0.1) is 11.2 Å². The maximum Gasteiger partial charge on any atom is 0.185 e. The maximum atomic E-state index is 12.0. The van der Waals surface area contributed by atoms with Gasteiger partial charge < -0.3 is 0 Å². The van der Waals surface area contributed by atoms with Crippen molar-refractivity contribution in [3.05, 3.63) is 84.1 Å². The van der Waals surface area contributed by atoms with Crippen LogP contribution in [0.5, 0.6) is 0 Å². The molecule has 0 bridgehead atoms. The first-order valence-corrected chi connectivity index (χ1v) is 6.46. The van der Waals surface area contributed by atoms with Crippen molar-refractivity contribution >= 4 is 22.8 Å².